The summed E-state index contributed by atoms with van der Waals surface area (Å²) in [6.45, 7) is 3.92. The maximum absolute atomic E-state index is 12.6. The van der Waals surface area contributed by atoms with E-state index >= 15 is 0 Å². The fourth-order valence-electron chi connectivity index (χ4n) is 2.65. The molecule has 1 heterocycles. The second kappa shape index (κ2) is 8.10. The molecule has 0 bridgehead atoms. The third-order valence-corrected chi connectivity index (χ3v) is 5.14. The monoisotopic (exact) mass is 351 g/mol. The minimum Gasteiger partial charge on any atom is -0.481 e. The largest absolute Gasteiger partial charge is 0.481 e. The molecule has 24 heavy (non-hydrogen) atoms. The molecule has 130 valence electrons. The van der Waals surface area contributed by atoms with Gasteiger partial charge < -0.3 is 15.2 Å². The van der Waals surface area contributed by atoms with Crippen LogP contribution >= 0.6 is 11.3 Å². The number of aryl methyl sites for hydroxylation is 1. The quantitative estimate of drug-likeness (QED) is 0.607. The highest BCUT2D eigenvalue weighted by Crippen LogP contribution is 2.32. The summed E-state index contributed by atoms with van der Waals surface area (Å²) >= 11 is 1.32. The molecule has 0 radical (unpaired) electrons. The van der Waals surface area contributed by atoms with Crippen LogP contribution in [0.2, 0.25) is 0 Å². The number of carbonyl (C=O) groups is 3. The lowest BCUT2D eigenvalue weighted by atomic mass is 9.82. The second-order valence-electron chi connectivity index (χ2n) is 5.51. The van der Waals surface area contributed by atoms with Crippen LogP contribution in [0.15, 0.2) is 18.2 Å². The number of allylic oxidation sites excluding steroid dienone is 2. The van der Waals surface area contributed by atoms with Crippen molar-refractivity contribution in [1.29, 1.82) is 0 Å². The summed E-state index contributed by atoms with van der Waals surface area (Å²) in [5.41, 5.74) is 0.324. The first kappa shape index (κ1) is 18.2. The van der Waals surface area contributed by atoms with Crippen molar-refractivity contribution in [3.63, 3.8) is 0 Å². The van der Waals surface area contributed by atoms with Crippen LogP contribution in [0.25, 0.3) is 0 Å². The van der Waals surface area contributed by atoms with E-state index in [-0.39, 0.29) is 12.5 Å². The number of nitrogens with one attached hydrogen (secondary N) is 1. The third kappa shape index (κ3) is 4.03. The first-order valence-electron chi connectivity index (χ1n) is 7.96. The summed E-state index contributed by atoms with van der Waals surface area (Å²) in [7, 11) is 0. The number of carboxylic acid groups (broad SMARTS) is 1. The minimum atomic E-state index is -0.981. The number of carbonyl (C=O) groups excluding carboxylic acids is 2. The highest BCUT2D eigenvalue weighted by molar-refractivity contribution is 7.16. The van der Waals surface area contributed by atoms with Crippen molar-refractivity contribution in [2.75, 3.05) is 11.9 Å². The van der Waals surface area contributed by atoms with E-state index in [1.807, 2.05) is 13.0 Å². The normalized spacial score (nSPS) is 19.8. The molecule has 1 aliphatic carbocycles. The Morgan fingerprint density at radius 2 is 1.92 bits per heavy atom. The Bertz CT molecular complexity index is 664. The minimum absolute atomic E-state index is 0.248. The number of amides is 1. The summed E-state index contributed by atoms with van der Waals surface area (Å²) < 4.78 is 5.02. The van der Waals surface area contributed by atoms with Crippen LogP contribution in [0.5, 0.6) is 0 Å². The molecule has 6 nitrogen and oxygen atoms in total. The predicted molar refractivity (Wildman–Crippen MR) is 91.3 cm³/mol. The molecule has 0 aliphatic heterocycles. The number of anilines is 1. The van der Waals surface area contributed by atoms with Crippen LogP contribution in [-0.2, 0) is 20.7 Å². The molecule has 0 spiro atoms. The lowest BCUT2D eigenvalue weighted by Gasteiger charge is -2.24. The van der Waals surface area contributed by atoms with Crippen LogP contribution in [0, 0.1) is 11.8 Å². The average molecular weight is 351 g/mol. The lowest BCUT2D eigenvalue weighted by molar-refractivity contribution is -0.146. The molecule has 0 fully saturated rings. The Kier molecular flexibility index (Phi) is 6.14. The van der Waals surface area contributed by atoms with E-state index < -0.39 is 23.8 Å². The van der Waals surface area contributed by atoms with E-state index in [1.54, 1.807) is 19.1 Å². The third-order valence-electron chi connectivity index (χ3n) is 3.95. The van der Waals surface area contributed by atoms with Gasteiger partial charge in [0.05, 0.1) is 24.0 Å². The lowest BCUT2D eigenvalue weighted by Crippen LogP contribution is -2.34. The maximum Gasteiger partial charge on any atom is 0.341 e. The molecule has 0 saturated heterocycles. The van der Waals surface area contributed by atoms with Gasteiger partial charge in [-0.25, -0.2) is 4.79 Å². The number of rotatable bonds is 6. The molecular formula is C17H21NO5S. The van der Waals surface area contributed by atoms with Crippen molar-refractivity contribution in [3.8, 4) is 0 Å². The van der Waals surface area contributed by atoms with Gasteiger partial charge in [-0.2, -0.15) is 0 Å². The van der Waals surface area contributed by atoms with Gasteiger partial charge in [-0.15, -0.1) is 11.3 Å². The summed E-state index contributed by atoms with van der Waals surface area (Å²) in [4.78, 5) is 36.9. The average Bonchev–Trinajstić information content (AvgIpc) is 2.98. The molecule has 2 rings (SSSR count). The zero-order chi connectivity index (χ0) is 17.7. The molecule has 1 aromatic heterocycles. The Labute approximate surface area is 144 Å². The van der Waals surface area contributed by atoms with Crippen molar-refractivity contribution < 1.29 is 24.2 Å². The Balaban J connectivity index is 2.21. The standard InChI is InChI=1S/C17H21NO5S/c1-3-10-9-13(17(22)23-4-2)15(24-10)18-14(19)11-7-5-6-8-12(11)16(20)21/h5-6,9,11-12H,3-4,7-8H2,1-2H3,(H,18,19)(H,20,21)/t11-,12-/m0/s1. The molecule has 1 amide bonds. The van der Waals surface area contributed by atoms with Crippen LogP contribution in [0.1, 0.15) is 41.9 Å². The summed E-state index contributed by atoms with van der Waals surface area (Å²) in [6.07, 6.45) is 5.05. The van der Waals surface area contributed by atoms with Crippen molar-refractivity contribution in [1.82, 2.24) is 0 Å². The van der Waals surface area contributed by atoms with E-state index in [9.17, 15) is 19.5 Å². The zero-order valence-corrected chi connectivity index (χ0v) is 14.5. The first-order valence-corrected chi connectivity index (χ1v) is 8.78. The highest BCUT2D eigenvalue weighted by atomic mass is 32.1. The summed E-state index contributed by atoms with van der Waals surface area (Å²) in [5.74, 6) is -3.23. The highest BCUT2D eigenvalue weighted by Gasteiger charge is 2.34. The fraction of sp³-hybridized carbons (Fsp3) is 0.471. The van der Waals surface area contributed by atoms with Crippen LogP contribution in [0.3, 0.4) is 0 Å². The SMILES string of the molecule is CCOC(=O)c1cc(CC)sc1NC(=O)[C@H]1CC=CC[C@@H]1C(=O)O. The van der Waals surface area contributed by atoms with Gasteiger partial charge in [-0.3, -0.25) is 9.59 Å². The molecule has 1 aromatic rings. The number of aliphatic carboxylic acids is 1. The van der Waals surface area contributed by atoms with Crippen molar-refractivity contribution in [2.24, 2.45) is 11.8 Å². The fourth-order valence-corrected chi connectivity index (χ4v) is 3.64. The number of carboxylic acids is 1. The number of ether oxygens (including phenoxy) is 1. The topological polar surface area (TPSA) is 92.7 Å². The molecule has 0 saturated carbocycles. The smallest absolute Gasteiger partial charge is 0.341 e. The van der Waals surface area contributed by atoms with Crippen molar-refractivity contribution in [3.05, 3.63) is 28.7 Å². The van der Waals surface area contributed by atoms with Crippen molar-refractivity contribution >= 4 is 34.2 Å². The first-order chi connectivity index (χ1) is 11.5. The van der Waals surface area contributed by atoms with Gasteiger partial charge >= 0.3 is 11.9 Å². The molecule has 0 aromatic carbocycles. The van der Waals surface area contributed by atoms with Gasteiger partial charge in [0.25, 0.3) is 0 Å². The Morgan fingerprint density at radius 1 is 1.25 bits per heavy atom. The van der Waals surface area contributed by atoms with Gasteiger partial charge in [0.2, 0.25) is 5.91 Å². The summed E-state index contributed by atoms with van der Waals surface area (Å²) in [5, 5.41) is 12.5. The summed E-state index contributed by atoms with van der Waals surface area (Å²) in [6, 6.07) is 1.72. The van der Waals surface area contributed by atoms with Gasteiger partial charge in [0.15, 0.2) is 0 Å². The number of esters is 1. The molecule has 1 aliphatic rings. The molecule has 2 atom stereocenters. The van der Waals surface area contributed by atoms with Crippen LogP contribution < -0.4 is 5.32 Å². The Hall–Kier alpha value is -2.15. The van der Waals surface area contributed by atoms with Crippen LogP contribution in [-0.4, -0.2) is 29.6 Å². The van der Waals surface area contributed by atoms with E-state index in [4.69, 9.17) is 4.74 Å². The number of hydrogen-bond acceptors (Lipinski definition) is 5. The van der Waals surface area contributed by atoms with E-state index in [0.717, 1.165) is 11.3 Å². The van der Waals surface area contributed by atoms with Gasteiger partial charge in [-0.05, 0) is 32.3 Å². The number of hydrogen-bond donors (Lipinski definition) is 2. The van der Waals surface area contributed by atoms with Gasteiger partial charge in [-0.1, -0.05) is 19.1 Å². The van der Waals surface area contributed by atoms with E-state index in [2.05, 4.69) is 5.32 Å². The maximum atomic E-state index is 12.6. The zero-order valence-electron chi connectivity index (χ0n) is 13.7. The van der Waals surface area contributed by atoms with E-state index in [1.165, 1.54) is 11.3 Å². The molecular weight excluding hydrogens is 330 g/mol. The van der Waals surface area contributed by atoms with E-state index in [0.29, 0.717) is 23.4 Å². The Morgan fingerprint density at radius 3 is 2.50 bits per heavy atom. The van der Waals surface area contributed by atoms with Gasteiger partial charge in [0, 0.05) is 4.88 Å². The predicted octanol–water partition coefficient (Wildman–Crippen LogP) is 3.09. The number of thiophene rings is 1. The molecule has 2 N–H and O–H groups in total. The second-order valence-corrected chi connectivity index (χ2v) is 6.65. The van der Waals surface area contributed by atoms with Gasteiger partial charge in [0.1, 0.15) is 5.00 Å². The van der Waals surface area contributed by atoms with Crippen LogP contribution in [0.4, 0.5) is 5.00 Å². The molecule has 0 unspecified atom stereocenters. The molecule has 7 heteroatoms. The van der Waals surface area contributed by atoms with Crippen molar-refractivity contribution in [2.45, 2.75) is 33.1 Å².